The maximum absolute atomic E-state index is 11.0. The molecular formula is C10H12IN3O2. The standard InChI is InChI=1S/C10H12IN3O2/c11-7-1-2-9(10(5-7)14(15)16)13-4-3-8(12)6-13/h1-2,5,8H,3-4,6,12H2. The largest absolute Gasteiger partial charge is 0.364 e. The summed E-state index contributed by atoms with van der Waals surface area (Å²) in [6.07, 6.45) is 0.892. The minimum Gasteiger partial charge on any atom is -0.364 e. The highest BCUT2D eigenvalue weighted by Crippen LogP contribution is 2.31. The molecule has 1 fully saturated rings. The molecule has 1 saturated heterocycles. The van der Waals surface area contributed by atoms with Crippen molar-refractivity contribution in [2.45, 2.75) is 12.5 Å². The summed E-state index contributed by atoms with van der Waals surface area (Å²) in [5.41, 5.74) is 6.65. The molecule has 1 heterocycles. The van der Waals surface area contributed by atoms with Crippen molar-refractivity contribution in [1.29, 1.82) is 0 Å². The Morgan fingerprint density at radius 1 is 1.56 bits per heavy atom. The molecule has 0 spiro atoms. The van der Waals surface area contributed by atoms with Crippen LogP contribution in [0.4, 0.5) is 11.4 Å². The SMILES string of the molecule is NC1CCN(c2ccc(I)cc2[N+](=O)[O-])C1. The van der Waals surface area contributed by atoms with E-state index in [1.807, 2.05) is 11.0 Å². The van der Waals surface area contributed by atoms with Gasteiger partial charge in [-0.25, -0.2) is 0 Å². The zero-order valence-electron chi connectivity index (χ0n) is 8.60. The number of nitrogens with two attached hydrogens (primary N) is 1. The van der Waals surface area contributed by atoms with E-state index in [9.17, 15) is 10.1 Å². The summed E-state index contributed by atoms with van der Waals surface area (Å²) in [7, 11) is 0. The van der Waals surface area contributed by atoms with E-state index in [2.05, 4.69) is 22.6 Å². The van der Waals surface area contributed by atoms with Crippen LogP contribution < -0.4 is 10.6 Å². The van der Waals surface area contributed by atoms with Gasteiger partial charge in [0.15, 0.2) is 0 Å². The second-order valence-electron chi connectivity index (χ2n) is 3.88. The number of rotatable bonds is 2. The van der Waals surface area contributed by atoms with Crippen molar-refractivity contribution in [3.8, 4) is 0 Å². The van der Waals surface area contributed by atoms with Gasteiger partial charge >= 0.3 is 0 Å². The molecule has 0 aliphatic carbocycles. The fraction of sp³-hybridized carbons (Fsp3) is 0.400. The van der Waals surface area contributed by atoms with Gasteiger partial charge in [-0.15, -0.1) is 0 Å². The van der Waals surface area contributed by atoms with Gasteiger partial charge in [-0.1, -0.05) is 0 Å². The van der Waals surface area contributed by atoms with E-state index < -0.39 is 0 Å². The van der Waals surface area contributed by atoms with Crippen molar-refractivity contribution in [3.05, 3.63) is 31.9 Å². The number of nitro groups is 1. The highest BCUT2D eigenvalue weighted by molar-refractivity contribution is 14.1. The predicted octanol–water partition coefficient (Wildman–Crippen LogP) is 1.74. The monoisotopic (exact) mass is 333 g/mol. The average Bonchev–Trinajstić information content (AvgIpc) is 2.64. The van der Waals surface area contributed by atoms with E-state index in [0.717, 1.165) is 16.5 Å². The summed E-state index contributed by atoms with van der Waals surface area (Å²) >= 11 is 2.08. The van der Waals surface area contributed by atoms with Crippen LogP contribution in [0, 0.1) is 13.7 Å². The van der Waals surface area contributed by atoms with E-state index in [1.165, 1.54) is 0 Å². The van der Waals surface area contributed by atoms with Crippen molar-refractivity contribution < 1.29 is 4.92 Å². The van der Waals surface area contributed by atoms with Crippen molar-refractivity contribution >= 4 is 34.0 Å². The van der Waals surface area contributed by atoms with E-state index >= 15 is 0 Å². The Kier molecular flexibility index (Phi) is 3.29. The highest BCUT2D eigenvalue weighted by Gasteiger charge is 2.25. The first kappa shape index (κ1) is 11.6. The number of benzene rings is 1. The summed E-state index contributed by atoms with van der Waals surface area (Å²) in [6, 6.07) is 5.41. The predicted molar refractivity (Wildman–Crippen MR) is 70.6 cm³/mol. The Morgan fingerprint density at radius 2 is 2.31 bits per heavy atom. The van der Waals surface area contributed by atoms with Crippen LogP contribution in [0.25, 0.3) is 0 Å². The summed E-state index contributed by atoms with van der Waals surface area (Å²) in [5.74, 6) is 0. The smallest absolute Gasteiger partial charge is 0.293 e. The molecule has 0 amide bonds. The van der Waals surface area contributed by atoms with E-state index in [-0.39, 0.29) is 16.7 Å². The summed E-state index contributed by atoms with van der Waals surface area (Å²) in [5, 5.41) is 11.0. The van der Waals surface area contributed by atoms with Crippen molar-refractivity contribution in [2.75, 3.05) is 18.0 Å². The van der Waals surface area contributed by atoms with Crippen LogP contribution >= 0.6 is 22.6 Å². The number of hydrogen-bond donors (Lipinski definition) is 1. The lowest BCUT2D eigenvalue weighted by Crippen LogP contribution is -2.26. The number of anilines is 1. The molecule has 0 bridgehead atoms. The Labute approximate surface area is 107 Å². The van der Waals surface area contributed by atoms with Crippen LogP contribution in [0.2, 0.25) is 0 Å². The molecular weight excluding hydrogens is 321 g/mol. The molecule has 1 aliphatic rings. The Bertz CT molecular complexity index is 425. The van der Waals surface area contributed by atoms with Crippen LogP contribution in [-0.2, 0) is 0 Å². The quantitative estimate of drug-likeness (QED) is 0.508. The second kappa shape index (κ2) is 4.54. The molecule has 0 radical (unpaired) electrons. The molecule has 1 aromatic rings. The molecule has 6 heteroatoms. The fourth-order valence-corrected chi connectivity index (χ4v) is 2.39. The second-order valence-corrected chi connectivity index (χ2v) is 5.13. The number of nitro benzene ring substituents is 1. The molecule has 1 unspecified atom stereocenters. The van der Waals surface area contributed by atoms with Crippen molar-refractivity contribution in [1.82, 2.24) is 0 Å². The molecule has 2 N–H and O–H groups in total. The summed E-state index contributed by atoms with van der Waals surface area (Å²) in [6.45, 7) is 1.49. The van der Waals surface area contributed by atoms with Gasteiger partial charge in [0.25, 0.3) is 5.69 Å². The van der Waals surface area contributed by atoms with Gasteiger partial charge in [0.2, 0.25) is 0 Å². The molecule has 16 heavy (non-hydrogen) atoms. The lowest BCUT2D eigenvalue weighted by molar-refractivity contribution is -0.384. The zero-order chi connectivity index (χ0) is 11.7. The minimum atomic E-state index is -0.332. The van der Waals surface area contributed by atoms with Crippen LogP contribution in [0.5, 0.6) is 0 Å². The van der Waals surface area contributed by atoms with E-state index in [0.29, 0.717) is 12.2 Å². The Morgan fingerprint density at radius 3 is 2.88 bits per heavy atom. The molecule has 1 aliphatic heterocycles. The topological polar surface area (TPSA) is 72.4 Å². The zero-order valence-corrected chi connectivity index (χ0v) is 10.8. The van der Waals surface area contributed by atoms with Crippen LogP contribution in [0.15, 0.2) is 18.2 Å². The lowest BCUT2D eigenvalue weighted by Gasteiger charge is -2.17. The van der Waals surface area contributed by atoms with E-state index in [4.69, 9.17) is 5.73 Å². The number of nitrogens with zero attached hydrogens (tertiary/aromatic N) is 2. The van der Waals surface area contributed by atoms with Crippen LogP contribution in [-0.4, -0.2) is 24.1 Å². The molecule has 0 aromatic heterocycles. The van der Waals surface area contributed by atoms with E-state index in [1.54, 1.807) is 12.1 Å². The van der Waals surface area contributed by atoms with Crippen molar-refractivity contribution in [2.24, 2.45) is 5.73 Å². The Hall–Kier alpha value is -0.890. The van der Waals surface area contributed by atoms with Gasteiger partial charge < -0.3 is 10.6 Å². The molecule has 1 aromatic carbocycles. The van der Waals surface area contributed by atoms with Gasteiger partial charge in [0.1, 0.15) is 5.69 Å². The van der Waals surface area contributed by atoms with Crippen molar-refractivity contribution in [3.63, 3.8) is 0 Å². The summed E-state index contributed by atoms with van der Waals surface area (Å²) in [4.78, 5) is 12.6. The normalized spacial score (nSPS) is 20.1. The highest BCUT2D eigenvalue weighted by atomic mass is 127. The third-order valence-electron chi connectivity index (χ3n) is 2.70. The first-order chi connectivity index (χ1) is 7.58. The molecule has 5 nitrogen and oxygen atoms in total. The third-order valence-corrected chi connectivity index (χ3v) is 3.37. The molecule has 1 atom stereocenters. The third kappa shape index (κ3) is 2.27. The van der Waals surface area contributed by atoms with Gasteiger partial charge in [-0.2, -0.15) is 0 Å². The molecule has 2 rings (SSSR count). The Balaban J connectivity index is 2.36. The van der Waals surface area contributed by atoms with Gasteiger partial charge in [-0.05, 0) is 41.1 Å². The van der Waals surface area contributed by atoms with Gasteiger partial charge in [0.05, 0.1) is 4.92 Å². The number of halogens is 1. The molecule has 86 valence electrons. The maximum Gasteiger partial charge on any atom is 0.293 e. The summed E-state index contributed by atoms with van der Waals surface area (Å²) < 4.78 is 0.872. The first-order valence-electron chi connectivity index (χ1n) is 5.02. The number of hydrogen-bond acceptors (Lipinski definition) is 4. The lowest BCUT2D eigenvalue weighted by atomic mass is 10.2. The van der Waals surface area contributed by atoms with Crippen LogP contribution in [0.3, 0.4) is 0 Å². The fourth-order valence-electron chi connectivity index (χ4n) is 1.92. The first-order valence-corrected chi connectivity index (χ1v) is 6.10. The van der Waals surface area contributed by atoms with Gasteiger partial charge in [0, 0.05) is 28.8 Å². The van der Waals surface area contributed by atoms with Crippen LogP contribution in [0.1, 0.15) is 6.42 Å². The maximum atomic E-state index is 11.0. The minimum absolute atomic E-state index is 0.124. The molecule has 0 saturated carbocycles. The average molecular weight is 333 g/mol. The van der Waals surface area contributed by atoms with Gasteiger partial charge in [-0.3, -0.25) is 10.1 Å².